The molecule has 10 nitrogen and oxygen atoms in total. The minimum atomic E-state index is -0.243. The van der Waals surface area contributed by atoms with E-state index in [9.17, 15) is 9.90 Å². The van der Waals surface area contributed by atoms with Gasteiger partial charge in [0.25, 0.3) is 5.91 Å². The van der Waals surface area contributed by atoms with Crippen LogP contribution in [0.1, 0.15) is 31.6 Å². The van der Waals surface area contributed by atoms with Crippen LogP contribution in [0.4, 0.5) is 11.5 Å². The number of aryl methyl sites for hydroxylation is 1. The summed E-state index contributed by atoms with van der Waals surface area (Å²) < 4.78 is 7.31. The molecule has 0 aliphatic heterocycles. The van der Waals surface area contributed by atoms with Crippen LogP contribution in [0.25, 0.3) is 44.8 Å². The van der Waals surface area contributed by atoms with E-state index in [4.69, 9.17) is 10.3 Å². The molecule has 1 saturated carbocycles. The Morgan fingerprint density at radius 2 is 1.89 bits per heavy atom. The summed E-state index contributed by atoms with van der Waals surface area (Å²) in [4.78, 5) is 25.2. The Kier molecular flexibility index (Phi) is 5.45. The largest absolute Gasteiger partial charge is 0.507 e. The van der Waals surface area contributed by atoms with Gasteiger partial charge in [-0.1, -0.05) is 29.9 Å². The van der Waals surface area contributed by atoms with Crippen LogP contribution < -0.4 is 11.1 Å². The number of hydrogen-bond donors (Lipinski definition) is 3. The van der Waals surface area contributed by atoms with E-state index in [1.54, 1.807) is 19.1 Å². The summed E-state index contributed by atoms with van der Waals surface area (Å²) in [5, 5.41) is 18.6. The molecule has 0 atom stereocenters. The van der Waals surface area contributed by atoms with Gasteiger partial charge < -0.3 is 25.2 Å². The highest BCUT2D eigenvalue weighted by Gasteiger charge is 2.30. The Morgan fingerprint density at radius 1 is 1.16 bits per heavy atom. The number of phenolic OH excluding ortho intramolecular Hbond substituents is 1. The smallest absolute Gasteiger partial charge is 0.250 e. The van der Waals surface area contributed by atoms with Gasteiger partial charge in [-0.25, -0.2) is 9.97 Å². The molecule has 0 spiro atoms. The van der Waals surface area contributed by atoms with Crippen molar-refractivity contribution in [2.24, 2.45) is 7.05 Å². The number of anilines is 2. The summed E-state index contributed by atoms with van der Waals surface area (Å²) >= 11 is 0. The molecule has 0 bridgehead atoms. The lowest BCUT2D eigenvalue weighted by Crippen LogP contribution is -2.11. The Morgan fingerprint density at radius 3 is 2.58 bits per heavy atom. The van der Waals surface area contributed by atoms with Gasteiger partial charge in [0.1, 0.15) is 23.5 Å². The van der Waals surface area contributed by atoms with Crippen molar-refractivity contribution in [3.05, 3.63) is 66.8 Å². The van der Waals surface area contributed by atoms with Crippen LogP contribution in [0, 0.1) is 0 Å². The van der Waals surface area contributed by atoms with E-state index in [-0.39, 0.29) is 11.7 Å². The van der Waals surface area contributed by atoms with Crippen molar-refractivity contribution in [1.82, 2.24) is 24.7 Å². The van der Waals surface area contributed by atoms with Crippen LogP contribution in [0.2, 0.25) is 0 Å². The number of carbonyl (C=O) groups is 1. The van der Waals surface area contributed by atoms with Gasteiger partial charge >= 0.3 is 0 Å². The van der Waals surface area contributed by atoms with Crippen molar-refractivity contribution in [3.63, 3.8) is 0 Å². The molecule has 6 rings (SSSR count). The summed E-state index contributed by atoms with van der Waals surface area (Å²) in [6, 6.07) is 12.8. The van der Waals surface area contributed by atoms with E-state index >= 15 is 0 Å². The second kappa shape index (κ2) is 8.84. The predicted molar refractivity (Wildman–Crippen MR) is 144 cm³/mol. The Labute approximate surface area is 217 Å². The number of aromatic hydroxyl groups is 1. The van der Waals surface area contributed by atoms with Gasteiger partial charge in [-0.3, -0.25) is 4.79 Å². The zero-order valence-corrected chi connectivity index (χ0v) is 20.9. The van der Waals surface area contributed by atoms with Crippen LogP contribution in [0.15, 0.2) is 65.5 Å². The molecule has 0 radical (unpaired) electrons. The highest BCUT2D eigenvalue weighted by molar-refractivity contribution is 6.08. The predicted octanol–water partition coefficient (Wildman–Crippen LogP) is 5.03. The highest BCUT2D eigenvalue weighted by atomic mass is 16.5. The number of nitrogens with two attached hydrogens (primary N) is 1. The van der Waals surface area contributed by atoms with Crippen molar-refractivity contribution in [3.8, 4) is 39.5 Å². The summed E-state index contributed by atoms with van der Waals surface area (Å²) in [5.41, 5.74) is 11.7. The van der Waals surface area contributed by atoms with E-state index in [0.717, 1.165) is 35.2 Å². The third-order valence-corrected chi connectivity index (χ3v) is 6.70. The number of fused-ring (bicyclic) bond motifs is 1. The van der Waals surface area contributed by atoms with Gasteiger partial charge in [-0.2, -0.15) is 4.98 Å². The normalized spacial score (nSPS) is 13.1. The topological polar surface area (TPSA) is 145 Å². The average Bonchev–Trinajstić information content (AvgIpc) is 3.56. The van der Waals surface area contributed by atoms with Crippen molar-refractivity contribution in [1.29, 1.82) is 0 Å². The maximum absolute atomic E-state index is 12.0. The van der Waals surface area contributed by atoms with Crippen molar-refractivity contribution < 1.29 is 14.4 Å². The van der Waals surface area contributed by atoms with E-state index in [1.807, 2.05) is 41.9 Å². The van der Waals surface area contributed by atoms with Gasteiger partial charge in [-0.15, -0.1) is 0 Å². The lowest BCUT2D eigenvalue weighted by Gasteiger charge is -2.11. The number of carbonyl (C=O) groups excluding carboxylic acids is 1. The van der Waals surface area contributed by atoms with Gasteiger partial charge in [0.05, 0.1) is 16.6 Å². The van der Waals surface area contributed by atoms with Crippen molar-refractivity contribution in [2.75, 3.05) is 11.1 Å². The fourth-order valence-electron chi connectivity index (χ4n) is 4.56. The van der Waals surface area contributed by atoms with Crippen LogP contribution >= 0.6 is 0 Å². The summed E-state index contributed by atoms with van der Waals surface area (Å²) in [6.45, 7) is 5.33. The summed E-state index contributed by atoms with van der Waals surface area (Å²) in [5.74, 6) is 1.37. The monoisotopic (exact) mass is 507 g/mol. The third-order valence-electron chi connectivity index (χ3n) is 6.70. The molecule has 0 saturated heterocycles. The number of nitrogens with one attached hydrogen (secondary N) is 1. The van der Waals surface area contributed by atoms with Crippen molar-refractivity contribution >= 4 is 28.4 Å². The molecule has 190 valence electrons. The highest BCUT2D eigenvalue weighted by Crippen LogP contribution is 2.44. The number of phenols is 1. The van der Waals surface area contributed by atoms with E-state index in [1.165, 1.54) is 6.33 Å². The van der Waals surface area contributed by atoms with E-state index in [0.29, 0.717) is 51.3 Å². The number of rotatable bonds is 6. The summed E-state index contributed by atoms with van der Waals surface area (Å²) in [7, 11) is 1.90. The molecule has 0 unspecified atom stereocenters. The number of amides is 1. The number of benzene rings is 2. The molecular formula is C28H25N7O3. The first-order chi connectivity index (χ1) is 18.3. The van der Waals surface area contributed by atoms with Gasteiger partial charge in [0.2, 0.25) is 11.7 Å². The number of hydrogen-bond acceptors (Lipinski definition) is 8. The first-order valence-electron chi connectivity index (χ1n) is 12.2. The molecule has 3 aromatic heterocycles. The number of nitrogen functional groups attached to an aromatic ring is 1. The van der Waals surface area contributed by atoms with E-state index in [2.05, 4.69) is 32.0 Å². The average molecular weight is 508 g/mol. The lowest BCUT2D eigenvalue weighted by molar-refractivity contribution is -0.112. The SMILES string of the molecule is C=C(C)C(=O)Nc1ccc(-c2c(-c3ccc(-c4noc(C5CC5)n4)c(O)c3)c3c(N)ncnc3n2C)cc1. The van der Waals surface area contributed by atoms with Crippen LogP contribution in [-0.4, -0.2) is 35.7 Å². The second-order valence-electron chi connectivity index (χ2n) is 9.51. The van der Waals surface area contributed by atoms with Crippen LogP contribution in [0.3, 0.4) is 0 Å². The maximum atomic E-state index is 12.0. The molecule has 10 heteroatoms. The van der Waals surface area contributed by atoms with Gasteiger partial charge in [-0.05, 0) is 55.2 Å². The fourth-order valence-corrected chi connectivity index (χ4v) is 4.56. The summed E-state index contributed by atoms with van der Waals surface area (Å²) in [6.07, 6.45) is 3.51. The molecule has 1 aliphatic rings. The Bertz CT molecular complexity index is 1730. The number of aromatic nitrogens is 5. The minimum Gasteiger partial charge on any atom is -0.507 e. The van der Waals surface area contributed by atoms with Crippen LogP contribution in [0.5, 0.6) is 5.75 Å². The molecule has 5 aromatic rings. The molecule has 4 N–H and O–H groups in total. The van der Waals surface area contributed by atoms with Gasteiger partial charge in [0.15, 0.2) is 0 Å². The fraction of sp³-hybridized carbons (Fsp3) is 0.179. The second-order valence-corrected chi connectivity index (χ2v) is 9.51. The molecule has 1 aliphatic carbocycles. The number of nitrogens with zero attached hydrogens (tertiary/aromatic N) is 5. The maximum Gasteiger partial charge on any atom is 0.250 e. The van der Waals surface area contributed by atoms with Crippen LogP contribution in [-0.2, 0) is 11.8 Å². The molecule has 3 heterocycles. The Balaban J connectivity index is 1.47. The molecule has 1 amide bonds. The first kappa shape index (κ1) is 23.4. The zero-order chi connectivity index (χ0) is 26.6. The zero-order valence-electron chi connectivity index (χ0n) is 20.9. The third kappa shape index (κ3) is 3.96. The lowest BCUT2D eigenvalue weighted by atomic mass is 9.97. The minimum absolute atomic E-state index is 0.0156. The van der Waals surface area contributed by atoms with Crippen molar-refractivity contribution in [2.45, 2.75) is 25.7 Å². The molecule has 1 fully saturated rings. The van der Waals surface area contributed by atoms with Gasteiger partial charge in [0, 0.05) is 29.8 Å². The molecular weight excluding hydrogens is 482 g/mol. The first-order valence-corrected chi connectivity index (χ1v) is 12.2. The standard InChI is InChI=1S/C28H25N7O3/c1-14(2)27(37)32-18-9-6-15(7-10-18)23-21(22-24(29)30-13-31-26(22)35(23)3)17-8-11-19(20(36)12-17)25-33-28(38-34-25)16-4-5-16/h6-13,16,36H,1,4-5H2,2-3H3,(H,32,37)(H2,29,30,31). The molecule has 2 aromatic carbocycles. The molecule has 38 heavy (non-hydrogen) atoms. The van der Waals surface area contributed by atoms with E-state index < -0.39 is 0 Å². The Hall–Kier alpha value is -4.99. The quantitative estimate of drug-likeness (QED) is 0.271.